The second-order valence-electron chi connectivity index (χ2n) is 5.01. The third-order valence-corrected chi connectivity index (χ3v) is 3.84. The average molecular weight is 193 g/mol. The van der Waals surface area contributed by atoms with E-state index in [4.69, 9.17) is 4.74 Å². The van der Waals surface area contributed by atoms with Crippen molar-refractivity contribution in [2.45, 2.75) is 31.7 Å². The zero-order chi connectivity index (χ0) is 9.38. The maximum absolute atomic E-state index is 5.42. The van der Waals surface area contributed by atoms with Gasteiger partial charge in [0.15, 0.2) is 0 Å². The van der Waals surface area contributed by atoms with Crippen LogP contribution < -0.4 is 5.32 Å². The zero-order valence-electron chi connectivity index (χ0n) is 8.67. The number of hydrogen-bond acceptors (Lipinski definition) is 2. The van der Waals surface area contributed by atoms with Gasteiger partial charge >= 0.3 is 0 Å². The van der Waals surface area contributed by atoms with Crippen LogP contribution in [0.2, 0.25) is 0 Å². The third kappa shape index (κ3) is 1.86. The Morgan fingerprint density at radius 1 is 1.29 bits per heavy atom. The molecule has 2 nitrogen and oxygen atoms in total. The molecule has 1 N–H and O–H groups in total. The molecule has 1 heterocycles. The van der Waals surface area contributed by atoms with Crippen LogP contribution in [0.1, 0.15) is 25.7 Å². The van der Waals surface area contributed by atoms with Gasteiger partial charge in [-0.3, -0.25) is 0 Å². The number of fused-ring (bicyclic) bond motifs is 1. The Hall–Kier alpha value is -0.340. The maximum Gasteiger partial charge on any atom is 0.0689 e. The fourth-order valence-electron chi connectivity index (χ4n) is 2.89. The van der Waals surface area contributed by atoms with Gasteiger partial charge in [-0.2, -0.15) is 0 Å². The molecule has 2 unspecified atom stereocenters. The van der Waals surface area contributed by atoms with Crippen LogP contribution in [0, 0.1) is 11.8 Å². The minimum absolute atomic E-state index is 0.807. The highest BCUT2D eigenvalue weighted by molar-refractivity contribution is 5.08. The van der Waals surface area contributed by atoms with Gasteiger partial charge in [0.25, 0.3) is 0 Å². The summed E-state index contributed by atoms with van der Waals surface area (Å²) in [5.41, 5.74) is 1.46. The molecule has 2 saturated carbocycles. The van der Waals surface area contributed by atoms with E-state index < -0.39 is 0 Å². The molecule has 0 radical (unpaired) electrons. The lowest BCUT2D eigenvalue weighted by Gasteiger charge is -2.18. The molecule has 0 aromatic carbocycles. The Morgan fingerprint density at radius 2 is 2.14 bits per heavy atom. The third-order valence-electron chi connectivity index (χ3n) is 3.84. The summed E-state index contributed by atoms with van der Waals surface area (Å²) in [5, 5.41) is 3.66. The molecule has 14 heavy (non-hydrogen) atoms. The van der Waals surface area contributed by atoms with Gasteiger partial charge in [-0.05, 0) is 43.1 Å². The highest BCUT2D eigenvalue weighted by atomic mass is 16.5. The summed E-state index contributed by atoms with van der Waals surface area (Å²) in [5.74, 6) is 2.17. The van der Waals surface area contributed by atoms with E-state index in [9.17, 15) is 0 Å². The molecule has 3 rings (SSSR count). The monoisotopic (exact) mass is 193 g/mol. The van der Waals surface area contributed by atoms with Gasteiger partial charge in [0.1, 0.15) is 0 Å². The summed E-state index contributed by atoms with van der Waals surface area (Å²) < 4.78 is 5.42. The van der Waals surface area contributed by atoms with Gasteiger partial charge in [0, 0.05) is 12.6 Å². The Bertz CT molecular complexity index is 239. The van der Waals surface area contributed by atoms with Crippen LogP contribution in [0.15, 0.2) is 11.6 Å². The highest BCUT2D eigenvalue weighted by Gasteiger charge is 2.45. The number of nitrogens with one attached hydrogen (secondary N) is 1. The van der Waals surface area contributed by atoms with Crippen molar-refractivity contribution in [3.8, 4) is 0 Å². The fraction of sp³-hybridized carbons (Fsp3) is 0.833. The minimum atomic E-state index is 0.807. The standard InChI is InChI=1S/C12H19NO/c1-2-9(8-14-3-1)7-13-12-5-10-4-11(10)6-12/h2,10-13H,1,3-8H2. The van der Waals surface area contributed by atoms with Gasteiger partial charge < -0.3 is 10.1 Å². The van der Waals surface area contributed by atoms with Crippen LogP contribution >= 0.6 is 0 Å². The van der Waals surface area contributed by atoms with Crippen molar-refractivity contribution in [1.82, 2.24) is 5.32 Å². The van der Waals surface area contributed by atoms with E-state index in [1.54, 1.807) is 0 Å². The average Bonchev–Trinajstić information content (AvgIpc) is 2.85. The van der Waals surface area contributed by atoms with E-state index in [1.165, 1.54) is 24.8 Å². The van der Waals surface area contributed by atoms with Crippen molar-refractivity contribution in [3.05, 3.63) is 11.6 Å². The van der Waals surface area contributed by atoms with Crippen LogP contribution in [0.4, 0.5) is 0 Å². The van der Waals surface area contributed by atoms with Crippen molar-refractivity contribution >= 4 is 0 Å². The summed E-state index contributed by atoms with van der Waals surface area (Å²) in [6.45, 7) is 2.83. The zero-order valence-corrected chi connectivity index (χ0v) is 8.67. The van der Waals surface area contributed by atoms with Crippen LogP contribution in [0.3, 0.4) is 0 Å². The van der Waals surface area contributed by atoms with Crippen molar-refractivity contribution in [1.29, 1.82) is 0 Å². The second kappa shape index (κ2) is 3.67. The maximum atomic E-state index is 5.42. The first kappa shape index (κ1) is 8.93. The molecule has 2 aliphatic carbocycles. The smallest absolute Gasteiger partial charge is 0.0689 e. The molecule has 0 bridgehead atoms. The van der Waals surface area contributed by atoms with E-state index in [2.05, 4.69) is 11.4 Å². The molecule has 2 fully saturated rings. The quantitative estimate of drug-likeness (QED) is 0.689. The van der Waals surface area contributed by atoms with Gasteiger partial charge in [-0.15, -0.1) is 0 Å². The number of ether oxygens (including phenoxy) is 1. The first-order valence-corrected chi connectivity index (χ1v) is 5.91. The van der Waals surface area contributed by atoms with Gasteiger partial charge in [0.05, 0.1) is 13.2 Å². The Labute approximate surface area is 85.7 Å². The summed E-state index contributed by atoms with van der Waals surface area (Å²) in [6.07, 6.45) is 7.82. The van der Waals surface area contributed by atoms with E-state index in [0.29, 0.717) is 0 Å². The van der Waals surface area contributed by atoms with Crippen LogP contribution in [-0.2, 0) is 4.74 Å². The van der Waals surface area contributed by atoms with Gasteiger partial charge in [-0.25, -0.2) is 0 Å². The lowest BCUT2D eigenvalue weighted by molar-refractivity contribution is 0.148. The predicted octanol–water partition coefficient (Wildman–Crippen LogP) is 1.72. The predicted molar refractivity (Wildman–Crippen MR) is 56.1 cm³/mol. The van der Waals surface area contributed by atoms with Crippen LogP contribution in [0.5, 0.6) is 0 Å². The highest BCUT2D eigenvalue weighted by Crippen LogP contribution is 2.51. The largest absolute Gasteiger partial charge is 0.377 e. The van der Waals surface area contributed by atoms with Crippen molar-refractivity contribution in [3.63, 3.8) is 0 Å². The molecule has 0 saturated heterocycles. The normalized spacial score (nSPS) is 40.6. The SMILES string of the molecule is C1=C(CNC2CC3CC3C2)COCC1. The Balaban J connectivity index is 1.42. The molecule has 0 spiro atoms. The minimum Gasteiger partial charge on any atom is -0.377 e. The fourth-order valence-corrected chi connectivity index (χ4v) is 2.89. The lowest BCUT2D eigenvalue weighted by Crippen LogP contribution is -2.30. The first-order valence-electron chi connectivity index (χ1n) is 5.91. The van der Waals surface area contributed by atoms with Gasteiger partial charge in [0.2, 0.25) is 0 Å². The van der Waals surface area contributed by atoms with Crippen LogP contribution in [0.25, 0.3) is 0 Å². The molecule has 3 aliphatic rings. The van der Waals surface area contributed by atoms with E-state index >= 15 is 0 Å². The van der Waals surface area contributed by atoms with Crippen molar-refractivity contribution in [2.75, 3.05) is 19.8 Å². The summed E-state index contributed by atoms with van der Waals surface area (Å²) in [4.78, 5) is 0. The topological polar surface area (TPSA) is 21.3 Å². The van der Waals surface area contributed by atoms with Crippen molar-refractivity contribution in [2.24, 2.45) is 11.8 Å². The summed E-state index contributed by atoms with van der Waals surface area (Å²) in [6, 6.07) is 0.807. The molecular weight excluding hydrogens is 174 g/mol. The molecule has 2 atom stereocenters. The lowest BCUT2D eigenvalue weighted by atomic mass is 10.1. The van der Waals surface area contributed by atoms with Crippen LogP contribution in [-0.4, -0.2) is 25.8 Å². The molecule has 0 aromatic rings. The number of rotatable bonds is 3. The van der Waals surface area contributed by atoms with E-state index in [-0.39, 0.29) is 0 Å². The molecule has 78 valence electrons. The summed E-state index contributed by atoms with van der Waals surface area (Å²) >= 11 is 0. The Morgan fingerprint density at radius 3 is 2.86 bits per heavy atom. The summed E-state index contributed by atoms with van der Waals surface area (Å²) in [7, 11) is 0. The molecule has 1 aliphatic heterocycles. The van der Waals surface area contributed by atoms with E-state index in [0.717, 1.165) is 44.1 Å². The second-order valence-corrected chi connectivity index (χ2v) is 5.01. The molecule has 0 amide bonds. The first-order chi connectivity index (χ1) is 6.92. The molecule has 2 heteroatoms. The molecular formula is C12H19NO. The van der Waals surface area contributed by atoms with E-state index in [1.807, 2.05) is 0 Å². The van der Waals surface area contributed by atoms with Gasteiger partial charge in [-0.1, -0.05) is 6.08 Å². The number of hydrogen-bond donors (Lipinski definition) is 1. The Kier molecular flexibility index (Phi) is 2.34. The van der Waals surface area contributed by atoms with Crippen molar-refractivity contribution < 1.29 is 4.74 Å². The molecule has 0 aromatic heterocycles.